The summed E-state index contributed by atoms with van der Waals surface area (Å²) in [5, 5.41) is 0. The Bertz CT molecular complexity index is 173. The first-order valence-corrected chi connectivity index (χ1v) is 6.36. The van der Waals surface area contributed by atoms with E-state index in [0.29, 0.717) is 6.04 Å². The lowest BCUT2D eigenvalue weighted by molar-refractivity contribution is 0.0108. The fourth-order valence-electron chi connectivity index (χ4n) is 2.41. The van der Waals surface area contributed by atoms with Gasteiger partial charge in [-0.3, -0.25) is 0 Å². The van der Waals surface area contributed by atoms with Crippen molar-refractivity contribution < 1.29 is 4.74 Å². The molecule has 1 rings (SSSR count). The normalized spacial score (nSPS) is 21.6. The SMILES string of the molecule is COC(C)(C)CCC(N)C1CCCCC1. The van der Waals surface area contributed by atoms with Crippen LogP contribution in [0.25, 0.3) is 0 Å². The molecule has 0 aromatic rings. The van der Waals surface area contributed by atoms with Gasteiger partial charge >= 0.3 is 0 Å². The molecule has 1 aliphatic rings. The van der Waals surface area contributed by atoms with E-state index in [-0.39, 0.29) is 5.60 Å². The van der Waals surface area contributed by atoms with Gasteiger partial charge in [0, 0.05) is 13.2 Å². The molecule has 0 amide bonds. The summed E-state index contributed by atoms with van der Waals surface area (Å²) >= 11 is 0. The number of hydrogen-bond donors (Lipinski definition) is 1. The molecule has 0 aromatic carbocycles. The molecule has 2 N–H and O–H groups in total. The summed E-state index contributed by atoms with van der Waals surface area (Å²) in [6, 6.07) is 0.389. The van der Waals surface area contributed by atoms with Crippen LogP contribution in [-0.4, -0.2) is 18.8 Å². The second kappa shape index (κ2) is 5.86. The fraction of sp³-hybridized carbons (Fsp3) is 1.00. The number of methoxy groups -OCH3 is 1. The molecule has 0 spiro atoms. The third kappa shape index (κ3) is 4.52. The van der Waals surface area contributed by atoms with Gasteiger partial charge in [0.25, 0.3) is 0 Å². The van der Waals surface area contributed by atoms with Gasteiger partial charge < -0.3 is 10.5 Å². The first-order valence-electron chi connectivity index (χ1n) is 6.36. The van der Waals surface area contributed by atoms with Crippen LogP contribution >= 0.6 is 0 Å². The van der Waals surface area contributed by atoms with Crippen LogP contribution in [0.3, 0.4) is 0 Å². The highest BCUT2D eigenvalue weighted by atomic mass is 16.5. The first-order chi connectivity index (χ1) is 7.05. The maximum absolute atomic E-state index is 6.25. The minimum absolute atomic E-state index is 0.00765. The van der Waals surface area contributed by atoms with E-state index in [1.165, 1.54) is 32.1 Å². The quantitative estimate of drug-likeness (QED) is 0.761. The molecule has 1 aliphatic carbocycles. The Labute approximate surface area is 94.6 Å². The van der Waals surface area contributed by atoms with Crippen LogP contribution in [0.15, 0.2) is 0 Å². The van der Waals surface area contributed by atoms with Crippen LogP contribution in [0.2, 0.25) is 0 Å². The summed E-state index contributed by atoms with van der Waals surface area (Å²) in [7, 11) is 1.78. The summed E-state index contributed by atoms with van der Waals surface area (Å²) in [6.07, 6.45) is 9.03. The van der Waals surface area contributed by atoms with E-state index in [4.69, 9.17) is 10.5 Å². The van der Waals surface area contributed by atoms with Crippen LogP contribution in [0.5, 0.6) is 0 Å². The van der Waals surface area contributed by atoms with E-state index in [0.717, 1.165) is 18.8 Å². The number of nitrogens with two attached hydrogens (primary N) is 1. The molecule has 1 atom stereocenters. The van der Waals surface area contributed by atoms with Gasteiger partial charge in [-0.1, -0.05) is 19.3 Å². The van der Waals surface area contributed by atoms with Crippen molar-refractivity contribution in [1.29, 1.82) is 0 Å². The summed E-state index contributed by atoms with van der Waals surface area (Å²) in [5.41, 5.74) is 6.25. The maximum atomic E-state index is 6.25. The lowest BCUT2D eigenvalue weighted by atomic mass is 9.81. The lowest BCUT2D eigenvalue weighted by Gasteiger charge is -2.30. The number of hydrogen-bond acceptors (Lipinski definition) is 2. The van der Waals surface area contributed by atoms with Gasteiger partial charge in [-0.25, -0.2) is 0 Å². The molecule has 15 heavy (non-hydrogen) atoms. The van der Waals surface area contributed by atoms with Crippen molar-refractivity contribution in [3.8, 4) is 0 Å². The molecule has 0 bridgehead atoms. The molecule has 0 heterocycles. The zero-order valence-electron chi connectivity index (χ0n) is 10.6. The Morgan fingerprint density at radius 3 is 2.40 bits per heavy atom. The Kier molecular flexibility index (Phi) is 5.07. The average molecular weight is 213 g/mol. The third-order valence-corrected chi connectivity index (χ3v) is 3.89. The molecule has 90 valence electrons. The molecule has 0 aliphatic heterocycles. The second-order valence-electron chi connectivity index (χ2n) is 5.56. The Morgan fingerprint density at radius 1 is 1.27 bits per heavy atom. The van der Waals surface area contributed by atoms with E-state index in [2.05, 4.69) is 13.8 Å². The molecular formula is C13H27NO. The van der Waals surface area contributed by atoms with Crippen LogP contribution in [0.4, 0.5) is 0 Å². The van der Waals surface area contributed by atoms with Crippen molar-refractivity contribution in [3.05, 3.63) is 0 Å². The monoisotopic (exact) mass is 213 g/mol. The van der Waals surface area contributed by atoms with Gasteiger partial charge in [0.1, 0.15) is 0 Å². The van der Waals surface area contributed by atoms with E-state index in [1.807, 2.05) is 0 Å². The highest BCUT2D eigenvalue weighted by Gasteiger charge is 2.23. The summed E-state index contributed by atoms with van der Waals surface area (Å²) in [6.45, 7) is 4.28. The first kappa shape index (κ1) is 13.0. The van der Waals surface area contributed by atoms with Crippen LogP contribution in [-0.2, 0) is 4.74 Å². The van der Waals surface area contributed by atoms with Gasteiger partial charge in [0.05, 0.1) is 5.60 Å². The summed E-state index contributed by atoms with van der Waals surface area (Å²) in [4.78, 5) is 0. The van der Waals surface area contributed by atoms with Gasteiger partial charge in [-0.15, -0.1) is 0 Å². The topological polar surface area (TPSA) is 35.2 Å². The van der Waals surface area contributed by atoms with Crippen molar-refractivity contribution >= 4 is 0 Å². The molecule has 0 saturated heterocycles. The van der Waals surface area contributed by atoms with Gasteiger partial charge in [-0.2, -0.15) is 0 Å². The molecule has 0 aromatic heterocycles. The molecule has 1 unspecified atom stereocenters. The van der Waals surface area contributed by atoms with Crippen molar-refractivity contribution in [3.63, 3.8) is 0 Å². The Hall–Kier alpha value is -0.0800. The molecular weight excluding hydrogens is 186 g/mol. The summed E-state index contributed by atoms with van der Waals surface area (Å²) < 4.78 is 5.42. The average Bonchev–Trinajstić information content (AvgIpc) is 2.27. The van der Waals surface area contributed by atoms with Gasteiger partial charge in [0.2, 0.25) is 0 Å². The van der Waals surface area contributed by atoms with Crippen molar-refractivity contribution in [1.82, 2.24) is 0 Å². The highest BCUT2D eigenvalue weighted by Crippen LogP contribution is 2.28. The lowest BCUT2D eigenvalue weighted by Crippen LogP contribution is -2.34. The van der Waals surface area contributed by atoms with Gasteiger partial charge in [0.15, 0.2) is 0 Å². The van der Waals surface area contributed by atoms with E-state index >= 15 is 0 Å². The van der Waals surface area contributed by atoms with Crippen LogP contribution in [0.1, 0.15) is 58.8 Å². The minimum Gasteiger partial charge on any atom is -0.379 e. The van der Waals surface area contributed by atoms with Crippen LogP contribution in [0, 0.1) is 5.92 Å². The van der Waals surface area contributed by atoms with Crippen molar-refractivity contribution in [2.45, 2.75) is 70.4 Å². The molecule has 2 heteroatoms. The van der Waals surface area contributed by atoms with Crippen LogP contribution < -0.4 is 5.73 Å². The third-order valence-electron chi connectivity index (χ3n) is 3.89. The largest absolute Gasteiger partial charge is 0.379 e. The summed E-state index contributed by atoms with van der Waals surface area (Å²) in [5.74, 6) is 0.770. The van der Waals surface area contributed by atoms with E-state index < -0.39 is 0 Å². The van der Waals surface area contributed by atoms with E-state index in [1.54, 1.807) is 7.11 Å². The van der Waals surface area contributed by atoms with E-state index in [9.17, 15) is 0 Å². The molecule has 0 radical (unpaired) electrons. The molecule has 2 nitrogen and oxygen atoms in total. The fourth-order valence-corrected chi connectivity index (χ4v) is 2.41. The zero-order chi connectivity index (χ0) is 11.3. The molecule has 1 saturated carbocycles. The minimum atomic E-state index is -0.00765. The standard InChI is InChI=1S/C13H27NO/c1-13(2,15-3)10-9-12(14)11-7-5-4-6-8-11/h11-12H,4-10,14H2,1-3H3. The molecule has 1 fully saturated rings. The predicted octanol–water partition coefficient (Wildman–Crippen LogP) is 3.10. The number of ether oxygens (including phenoxy) is 1. The predicted molar refractivity (Wildman–Crippen MR) is 64.9 cm³/mol. The van der Waals surface area contributed by atoms with Crippen molar-refractivity contribution in [2.75, 3.05) is 7.11 Å². The Morgan fingerprint density at radius 2 is 1.87 bits per heavy atom. The highest BCUT2D eigenvalue weighted by molar-refractivity contribution is 4.79. The smallest absolute Gasteiger partial charge is 0.0623 e. The van der Waals surface area contributed by atoms with Crippen molar-refractivity contribution in [2.24, 2.45) is 11.7 Å². The number of rotatable bonds is 5. The van der Waals surface area contributed by atoms with Gasteiger partial charge in [-0.05, 0) is 45.4 Å². The second-order valence-corrected chi connectivity index (χ2v) is 5.56. The zero-order valence-corrected chi connectivity index (χ0v) is 10.6. The Balaban J connectivity index is 2.25. The maximum Gasteiger partial charge on any atom is 0.0623 e.